The molecule has 4 nitrogen and oxygen atoms in total. The maximum Gasteiger partial charge on any atom is 0.185 e. The van der Waals surface area contributed by atoms with Crippen molar-refractivity contribution in [1.29, 1.82) is 0 Å². The van der Waals surface area contributed by atoms with Gasteiger partial charge in [0.05, 0.1) is 5.69 Å². The van der Waals surface area contributed by atoms with Crippen molar-refractivity contribution in [2.24, 2.45) is 0 Å². The van der Waals surface area contributed by atoms with Gasteiger partial charge in [-0.15, -0.1) is 11.3 Å². The third kappa shape index (κ3) is 3.25. The lowest BCUT2D eigenvalue weighted by atomic mass is 10.00. The van der Waals surface area contributed by atoms with Crippen LogP contribution in [0, 0.1) is 6.92 Å². The smallest absolute Gasteiger partial charge is 0.185 e. The Bertz CT molecular complexity index is 473. The normalized spacial score (nSPS) is 24.9. The molecule has 2 saturated heterocycles. The molecule has 0 bridgehead atoms. The van der Waals surface area contributed by atoms with E-state index in [0.717, 1.165) is 19.1 Å². The first kappa shape index (κ1) is 15.3. The quantitative estimate of drug-likeness (QED) is 0.927. The summed E-state index contributed by atoms with van der Waals surface area (Å²) in [6, 6.07) is 1.17. The van der Waals surface area contributed by atoms with E-state index in [1.807, 2.05) is 11.3 Å². The lowest BCUT2D eigenvalue weighted by Crippen LogP contribution is -2.54. The van der Waals surface area contributed by atoms with Gasteiger partial charge in [0, 0.05) is 36.6 Å². The molecule has 1 aromatic heterocycles. The third-order valence-corrected chi connectivity index (χ3v) is 6.23. The highest BCUT2D eigenvalue weighted by molar-refractivity contribution is 7.15. The van der Waals surface area contributed by atoms with Crippen molar-refractivity contribution in [3.8, 4) is 0 Å². The van der Waals surface area contributed by atoms with E-state index >= 15 is 0 Å². The van der Waals surface area contributed by atoms with E-state index in [4.69, 9.17) is 4.98 Å². The summed E-state index contributed by atoms with van der Waals surface area (Å²) < 4.78 is 0. The number of fused-ring (bicyclic) bond motifs is 1. The molecule has 0 radical (unpaired) electrons. The van der Waals surface area contributed by atoms with Crippen molar-refractivity contribution in [2.45, 2.75) is 52.1 Å². The van der Waals surface area contributed by atoms with Crippen molar-refractivity contribution in [3.63, 3.8) is 0 Å². The number of nitrogens with one attached hydrogen (secondary N) is 1. The van der Waals surface area contributed by atoms with Gasteiger partial charge in [-0.3, -0.25) is 4.90 Å². The van der Waals surface area contributed by atoms with Crippen LogP contribution in [0.2, 0.25) is 0 Å². The van der Waals surface area contributed by atoms with E-state index in [-0.39, 0.29) is 0 Å². The van der Waals surface area contributed by atoms with Gasteiger partial charge in [0.1, 0.15) is 0 Å². The molecule has 3 heterocycles. The first-order valence-corrected chi connectivity index (χ1v) is 9.20. The molecule has 1 aromatic rings. The number of piperidine rings is 1. The van der Waals surface area contributed by atoms with Crippen LogP contribution >= 0.6 is 11.3 Å². The van der Waals surface area contributed by atoms with Crippen LogP contribution in [0.15, 0.2) is 0 Å². The summed E-state index contributed by atoms with van der Waals surface area (Å²) >= 11 is 1.89. The van der Waals surface area contributed by atoms with E-state index in [2.05, 4.69) is 35.9 Å². The number of thiazole rings is 1. The van der Waals surface area contributed by atoms with Gasteiger partial charge in [-0.05, 0) is 39.8 Å². The topological polar surface area (TPSA) is 31.4 Å². The Labute approximate surface area is 132 Å². The van der Waals surface area contributed by atoms with Crippen LogP contribution < -0.4 is 10.2 Å². The van der Waals surface area contributed by atoms with Crippen LogP contribution in [0.3, 0.4) is 0 Å². The van der Waals surface area contributed by atoms with Gasteiger partial charge in [-0.1, -0.05) is 13.3 Å². The molecule has 0 aliphatic carbocycles. The molecule has 2 aliphatic heterocycles. The summed E-state index contributed by atoms with van der Waals surface area (Å²) in [5.74, 6) is 0. The Hall–Kier alpha value is -0.650. The molecule has 2 atom stereocenters. The minimum atomic E-state index is 0.414. The highest BCUT2D eigenvalue weighted by atomic mass is 32.1. The maximum absolute atomic E-state index is 4.86. The van der Waals surface area contributed by atoms with E-state index in [1.54, 1.807) is 0 Å². The average molecular weight is 308 g/mol. The summed E-state index contributed by atoms with van der Waals surface area (Å²) in [7, 11) is 0. The number of rotatable bonds is 4. The van der Waals surface area contributed by atoms with Crippen molar-refractivity contribution in [2.75, 3.05) is 37.6 Å². The van der Waals surface area contributed by atoms with E-state index in [0.29, 0.717) is 6.04 Å². The number of nitrogens with zero attached hydrogens (tertiary/aromatic N) is 3. The Kier molecular flexibility index (Phi) is 4.82. The lowest BCUT2D eigenvalue weighted by molar-refractivity contribution is 0.133. The fourth-order valence-electron chi connectivity index (χ4n) is 3.66. The van der Waals surface area contributed by atoms with Gasteiger partial charge in [-0.25, -0.2) is 4.98 Å². The van der Waals surface area contributed by atoms with Gasteiger partial charge >= 0.3 is 0 Å². The van der Waals surface area contributed by atoms with Crippen LogP contribution in [-0.2, 0) is 0 Å². The highest BCUT2D eigenvalue weighted by Crippen LogP contribution is 2.33. The Morgan fingerprint density at radius 2 is 2.19 bits per heavy atom. The average Bonchev–Trinajstić information content (AvgIpc) is 2.89. The summed E-state index contributed by atoms with van der Waals surface area (Å²) in [6.07, 6.45) is 4.15. The van der Waals surface area contributed by atoms with Crippen LogP contribution in [0.25, 0.3) is 0 Å². The molecular formula is C16H28N4S. The van der Waals surface area contributed by atoms with Gasteiger partial charge in [0.2, 0.25) is 0 Å². The highest BCUT2D eigenvalue weighted by Gasteiger charge is 2.30. The molecule has 0 spiro atoms. The molecule has 3 rings (SSSR count). The second kappa shape index (κ2) is 6.63. The van der Waals surface area contributed by atoms with Crippen molar-refractivity contribution in [1.82, 2.24) is 15.2 Å². The largest absolute Gasteiger partial charge is 0.345 e. The molecule has 0 saturated carbocycles. The fourth-order valence-corrected chi connectivity index (χ4v) is 4.79. The fraction of sp³-hybridized carbons (Fsp3) is 0.812. The summed E-state index contributed by atoms with van der Waals surface area (Å²) in [5.41, 5.74) is 1.20. The molecule has 0 amide bonds. The minimum absolute atomic E-state index is 0.414. The Morgan fingerprint density at radius 1 is 1.33 bits per heavy atom. The zero-order chi connectivity index (χ0) is 14.8. The molecule has 1 N–H and O–H groups in total. The minimum Gasteiger partial charge on any atom is -0.345 e. The summed E-state index contributed by atoms with van der Waals surface area (Å²) in [5, 5.41) is 4.74. The number of anilines is 1. The van der Waals surface area contributed by atoms with E-state index < -0.39 is 0 Å². The van der Waals surface area contributed by atoms with Crippen LogP contribution in [0.1, 0.15) is 49.7 Å². The standard InChI is InChI=1S/C16H28N4S/c1-4-17-12(2)15-13(3)18-16(21-15)20-10-9-19-8-6-5-7-14(19)11-20/h12,14,17H,4-11H2,1-3H3. The second-order valence-corrected chi connectivity index (χ2v) is 7.37. The molecular weight excluding hydrogens is 280 g/mol. The monoisotopic (exact) mass is 308 g/mol. The predicted molar refractivity (Wildman–Crippen MR) is 90.4 cm³/mol. The predicted octanol–water partition coefficient (Wildman–Crippen LogP) is 2.80. The van der Waals surface area contributed by atoms with Crippen molar-refractivity contribution >= 4 is 16.5 Å². The van der Waals surface area contributed by atoms with Crippen molar-refractivity contribution < 1.29 is 0 Å². The SMILES string of the molecule is CCNC(C)c1sc(N2CCN3CCCCC3C2)nc1C. The molecule has 21 heavy (non-hydrogen) atoms. The van der Waals surface area contributed by atoms with Gasteiger partial charge in [-0.2, -0.15) is 0 Å². The van der Waals surface area contributed by atoms with Gasteiger partial charge < -0.3 is 10.2 Å². The second-order valence-electron chi connectivity index (χ2n) is 6.36. The first-order valence-electron chi connectivity index (χ1n) is 8.38. The zero-order valence-electron chi connectivity index (χ0n) is 13.6. The molecule has 0 aromatic carbocycles. The number of aryl methyl sites for hydroxylation is 1. The molecule has 118 valence electrons. The van der Waals surface area contributed by atoms with E-state index in [9.17, 15) is 0 Å². The molecule has 2 unspecified atom stereocenters. The van der Waals surface area contributed by atoms with Crippen LogP contribution in [-0.4, -0.2) is 48.6 Å². The number of hydrogen-bond acceptors (Lipinski definition) is 5. The van der Waals surface area contributed by atoms with Gasteiger partial charge in [0.25, 0.3) is 0 Å². The van der Waals surface area contributed by atoms with Crippen molar-refractivity contribution in [3.05, 3.63) is 10.6 Å². The summed E-state index contributed by atoms with van der Waals surface area (Å²) in [6.45, 7) is 12.4. The number of aromatic nitrogens is 1. The van der Waals surface area contributed by atoms with Gasteiger partial charge in [0.15, 0.2) is 5.13 Å². The number of hydrogen-bond donors (Lipinski definition) is 1. The zero-order valence-corrected chi connectivity index (χ0v) is 14.4. The molecule has 5 heteroatoms. The first-order chi connectivity index (χ1) is 10.2. The lowest BCUT2D eigenvalue weighted by Gasteiger charge is -2.44. The Morgan fingerprint density at radius 3 is 3.00 bits per heavy atom. The molecule has 2 aliphatic rings. The Balaban J connectivity index is 1.71. The third-order valence-electron chi connectivity index (χ3n) is 4.83. The van der Waals surface area contributed by atoms with Crippen LogP contribution in [0.5, 0.6) is 0 Å². The molecule has 2 fully saturated rings. The van der Waals surface area contributed by atoms with Crippen LogP contribution in [0.4, 0.5) is 5.13 Å². The maximum atomic E-state index is 4.86. The summed E-state index contributed by atoms with van der Waals surface area (Å²) in [4.78, 5) is 11.5. The number of piperazine rings is 1. The van der Waals surface area contributed by atoms with E-state index in [1.165, 1.54) is 54.6 Å².